The minimum atomic E-state index is -1.23. The molecule has 1 saturated heterocycles. The van der Waals surface area contributed by atoms with Gasteiger partial charge in [-0.1, -0.05) is 6.92 Å². The number of Topliss-reactive ketones (excluding diaryl/α,β-unsaturated/α-hetero) is 1. The van der Waals surface area contributed by atoms with Gasteiger partial charge in [0.25, 0.3) is 0 Å². The number of ketones is 1. The number of fused-ring (bicyclic) bond motifs is 1. The summed E-state index contributed by atoms with van der Waals surface area (Å²) in [5, 5.41) is 15.8. The zero-order valence-corrected chi connectivity index (χ0v) is 15.9. The lowest BCUT2D eigenvalue weighted by Crippen LogP contribution is -2.42. The predicted octanol–water partition coefficient (Wildman–Crippen LogP) is 1.41. The number of aromatic amines is 1. The smallest absolute Gasteiger partial charge is 0.332 e. The second-order valence-electron chi connectivity index (χ2n) is 6.96. The van der Waals surface area contributed by atoms with Crippen molar-refractivity contribution >= 4 is 11.8 Å². The molecule has 2 aliphatic rings. The first kappa shape index (κ1) is 20.6. The highest BCUT2D eigenvalue weighted by molar-refractivity contribution is 6.01. The average Bonchev–Trinajstić information content (AvgIpc) is 2.95. The second kappa shape index (κ2) is 9.30. The quantitative estimate of drug-likeness (QED) is 0.745. The Morgan fingerprint density at radius 3 is 2.54 bits per heavy atom. The van der Waals surface area contributed by atoms with Crippen LogP contribution in [0.1, 0.15) is 47.6 Å². The highest BCUT2D eigenvalue weighted by Gasteiger charge is 2.32. The van der Waals surface area contributed by atoms with E-state index in [1.165, 1.54) is 23.9 Å². The summed E-state index contributed by atoms with van der Waals surface area (Å²) in [6.07, 6.45) is 1.70. The van der Waals surface area contributed by atoms with E-state index in [1.807, 2.05) is 0 Å². The van der Waals surface area contributed by atoms with Crippen molar-refractivity contribution in [3.05, 3.63) is 22.5 Å². The fourth-order valence-corrected chi connectivity index (χ4v) is 3.58. The summed E-state index contributed by atoms with van der Waals surface area (Å²) in [7, 11) is 0. The van der Waals surface area contributed by atoms with Gasteiger partial charge in [-0.3, -0.25) is 9.69 Å². The van der Waals surface area contributed by atoms with Gasteiger partial charge in [-0.05, 0) is 38.7 Å². The highest BCUT2D eigenvalue weighted by atomic mass is 16.5. The van der Waals surface area contributed by atoms with Gasteiger partial charge < -0.3 is 19.9 Å². The first-order chi connectivity index (χ1) is 12.3. The number of H-pyrrole nitrogens is 1. The Kier molecular flexibility index (Phi) is 7.37. The number of morpholine rings is 1. The van der Waals surface area contributed by atoms with Crippen LogP contribution >= 0.6 is 0 Å². The Bertz CT molecular complexity index is 632. The fourth-order valence-electron chi connectivity index (χ4n) is 3.58. The number of carboxylic acid groups (broad SMARTS) is 1. The van der Waals surface area contributed by atoms with Gasteiger partial charge in [-0.25, -0.2) is 4.79 Å². The number of rotatable bonds is 4. The van der Waals surface area contributed by atoms with Gasteiger partial charge in [0.15, 0.2) is 5.78 Å². The minimum Gasteiger partial charge on any atom is -0.479 e. The van der Waals surface area contributed by atoms with Crippen molar-refractivity contribution in [2.45, 2.75) is 46.1 Å². The lowest BCUT2D eigenvalue weighted by atomic mass is 9.83. The Hall–Kier alpha value is -1.70. The summed E-state index contributed by atoms with van der Waals surface area (Å²) in [6.45, 7) is 9.84. The summed E-state index contributed by atoms with van der Waals surface area (Å²) in [6, 6.07) is 0. The number of nitrogens with one attached hydrogen (secondary N) is 1. The van der Waals surface area contributed by atoms with Gasteiger partial charge in [0.2, 0.25) is 0 Å². The van der Waals surface area contributed by atoms with Gasteiger partial charge in [-0.2, -0.15) is 0 Å². The molecular formula is C19H30N2O5. The van der Waals surface area contributed by atoms with Gasteiger partial charge in [-0.15, -0.1) is 0 Å². The lowest BCUT2D eigenvalue weighted by Gasteiger charge is -2.31. The first-order valence-electron chi connectivity index (χ1n) is 9.30. The number of aliphatic hydroxyl groups is 1. The minimum absolute atomic E-state index is 0.168. The molecule has 1 fully saturated rings. The molecule has 0 aromatic carbocycles. The molecule has 1 aromatic rings. The Morgan fingerprint density at radius 1 is 1.38 bits per heavy atom. The topological polar surface area (TPSA) is 103 Å². The molecule has 1 aromatic heterocycles. The van der Waals surface area contributed by atoms with Crippen LogP contribution in [0, 0.1) is 12.8 Å². The molecule has 2 atom stereocenters. The maximum Gasteiger partial charge on any atom is 0.332 e. The van der Waals surface area contributed by atoms with Crippen molar-refractivity contribution < 1.29 is 24.5 Å². The molecule has 7 nitrogen and oxygen atoms in total. The number of hydrogen-bond donors (Lipinski definition) is 3. The number of ether oxygens (including phenoxy) is 1. The Morgan fingerprint density at radius 2 is 2.00 bits per heavy atom. The van der Waals surface area contributed by atoms with E-state index >= 15 is 0 Å². The van der Waals surface area contributed by atoms with Crippen LogP contribution in [0.4, 0.5) is 0 Å². The van der Waals surface area contributed by atoms with Gasteiger partial charge >= 0.3 is 5.97 Å². The van der Waals surface area contributed by atoms with E-state index in [9.17, 15) is 9.59 Å². The Balaban J connectivity index is 0.000000352. The van der Waals surface area contributed by atoms with Crippen LogP contribution in [-0.4, -0.2) is 70.8 Å². The van der Waals surface area contributed by atoms with Gasteiger partial charge in [0.05, 0.1) is 13.2 Å². The molecule has 0 radical (unpaired) electrons. The molecular weight excluding hydrogens is 336 g/mol. The highest BCUT2D eigenvalue weighted by Crippen LogP contribution is 2.30. The molecule has 1 aliphatic carbocycles. The summed E-state index contributed by atoms with van der Waals surface area (Å²) in [5.41, 5.74) is 4.59. The van der Waals surface area contributed by atoms with E-state index in [0.717, 1.165) is 57.7 Å². The van der Waals surface area contributed by atoms with Crippen molar-refractivity contribution in [2.75, 3.05) is 32.8 Å². The number of aliphatic hydroxyl groups excluding tert-OH is 1. The SMILES string of the molecule is CC(O)C(=O)O.CCc1c(C)[nH]c2c1C(=O)C(CN1CCOCC1)CC2. The molecule has 3 rings (SSSR count). The summed E-state index contributed by atoms with van der Waals surface area (Å²) >= 11 is 0. The van der Waals surface area contributed by atoms with E-state index < -0.39 is 12.1 Å². The number of carboxylic acids is 1. The van der Waals surface area contributed by atoms with Crippen molar-refractivity contribution in [3.63, 3.8) is 0 Å². The third kappa shape index (κ3) is 4.93. The first-order valence-corrected chi connectivity index (χ1v) is 9.30. The van der Waals surface area contributed by atoms with E-state index in [4.69, 9.17) is 14.9 Å². The van der Waals surface area contributed by atoms with Crippen molar-refractivity contribution in [1.82, 2.24) is 9.88 Å². The maximum atomic E-state index is 12.8. The molecule has 3 N–H and O–H groups in total. The molecule has 0 saturated carbocycles. The average molecular weight is 366 g/mol. The van der Waals surface area contributed by atoms with Crippen molar-refractivity contribution in [2.24, 2.45) is 5.92 Å². The summed E-state index contributed by atoms with van der Waals surface area (Å²) < 4.78 is 5.38. The monoisotopic (exact) mass is 366 g/mol. The number of carbonyl (C=O) groups is 2. The molecule has 1 aliphatic heterocycles. The molecule has 0 amide bonds. The fraction of sp³-hybridized carbons (Fsp3) is 0.684. The van der Waals surface area contributed by atoms with E-state index in [1.54, 1.807) is 0 Å². The Labute approximate surface area is 154 Å². The third-order valence-electron chi connectivity index (χ3n) is 5.05. The van der Waals surface area contributed by atoms with Gasteiger partial charge in [0, 0.05) is 42.5 Å². The second-order valence-corrected chi connectivity index (χ2v) is 6.96. The molecule has 0 bridgehead atoms. The number of aryl methyl sites for hydroxylation is 2. The zero-order valence-electron chi connectivity index (χ0n) is 15.9. The van der Waals surface area contributed by atoms with Gasteiger partial charge in [0.1, 0.15) is 6.10 Å². The van der Waals surface area contributed by atoms with E-state index in [-0.39, 0.29) is 5.92 Å². The molecule has 7 heteroatoms. The van der Waals surface area contributed by atoms with Crippen LogP contribution in [0.5, 0.6) is 0 Å². The van der Waals surface area contributed by atoms with Crippen LogP contribution in [0.25, 0.3) is 0 Å². The maximum absolute atomic E-state index is 12.8. The van der Waals surface area contributed by atoms with Crippen LogP contribution in [0.15, 0.2) is 0 Å². The molecule has 2 unspecified atom stereocenters. The summed E-state index contributed by atoms with van der Waals surface area (Å²) in [4.78, 5) is 28.0. The van der Waals surface area contributed by atoms with Crippen LogP contribution in [0.2, 0.25) is 0 Å². The number of hydrogen-bond acceptors (Lipinski definition) is 5. The molecule has 146 valence electrons. The molecule has 2 heterocycles. The van der Waals surface area contributed by atoms with Crippen LogP contribution in [-0.2, 0) is 22.4 Å². The van der Waals surface area contributed by atoms with Crippen molar-refractivity contribution in [1.29, 1.82) is 0 Å². The molecule has 0 spiro atoms. The molecule has 26 heavy (non-hydrogen) atoms. The number of carbonyl (C=O) groups excluding carboxylic acids is 1. The lowest BCUT2D eigenvalue weighted by molar-refractivity contribution is -0.145. The number of aliphatic carboxylic acids is 1. The van der Waals surface area contributed by atoms with Crippen LogP contribution in [0.3, 0.4) is 0 Å². The van der Waals surface area contributed by atoms with E-state index in [0.29, 0.717) is 5.78 Å². The largest absolute Gasteiger partial charge is 0.479 e. The number of aromatic nitrogens is 1. The van der Waals surface area contributed by atoms with Crippen LogP contribution < -0.4 is 0 Å². The van der Waals surface area contributed by atoms with Crippen molar-refractivity contribution in [3.8, 4) is 0 Å². The van der Waals surface area contributed by atoms with E-state index in [2.05, 4.69) is 23.7 Å². The number of nitrogens with zero attached hydrogens (tertiary/aromatic N) is 1. The standard InChI is InChI=1S/C16H24N2O2.C3H6O3/c1-3-13-11(2)17-14-5-4-12(16(19)15(13)14)10-18-6-8-20-9-7-18;1-2(4)3(5)6/h12,17H,3-10H2,1-2H3;2,4H,1H3,(H,5,6). The normalized spacial score (nSPS) is 21.5. The third-order valence-corrected chi connectivity index (χ3v) is 5.05. The predicted molar refractivity (Wildman–Crippen MR) is 97.6 cm³/mol. The zero-order chi connectivity index (χ0) is 19.3. The summed E-state index contributed by atoms with van der Waals surface area (Å²) in [5.74, 6) is -0.657.